The first-order valence-electron chi connectivity index (χ1n) is 11.2. The number of rotatable bonds is 10. The maximum Gasteiger partial charge on any atom is 0.407 e. The minimum absolute atomic E-state index is 0.0787. The van der Waals surface area contributed by atoms with Crippen molar-refractivity contribution >= 4 is 18.0 Å². The zero-order valence-corrected chi connectivity index (χ0v) is 18.2. The van der Waals surface area contributed by atoms with E-state index in [9.17, 15) is 19.5 Å². The first kappa shape index (κ1) is 22.8. The largest absolute Gasteiger partial charge is 0.481 e. The van der Waals surface area contributed by atoms with Gasteiger partial charge in [0.1, 0.15) is 12.6 Å². The predicted molar refractivity (Wildman–Crippen MR) is 121 cm³/mol. The third-order valence-electron chi connectivity index (χ3n) is 6.14. The van der Waals surface area contributed by atoms with Gasteiger partial charge in [0, 0.05) is 12.5 Å². The van der Waals surface area contributed by atoms with Crippen molar-refractivity contribution in [2.45, 2.75) is 43.7 Å². The van der Waals surface area contributed by atoms with E-state index in [4.69, 9.17) is 9.84 Å². The van der Waals surface area contributed by atoms with Crippen molar-refractivity contribution in [1.82, 2.24) is 10.6 Å². The van der Waals surface area contributed by atoms with Crippen LogP contribution in [0.15, 0.2) is 48.5 Å². The molecule has 174 valence electrons. The molecular formula is C25H28N2O6. The van der Waals surface area contributed by atoms with E-state index in [1.54, 1.807) is 0 Å². The average Bonchev–Trinajstić information content (AvgIpc) is 3.56. The third kappa shape index (κ3) is 5.70. The van der Waals surface area contributed by atoms with Crippen LogP contribution >= 0.6 is 0 Å². The van der Waals surface area contributed by atoms with E-state index in [1.165, 1.54) is 0 Å². The molecule has 4 rings (SSSR count). The van der Waals surface area contributed by atoms with Gasteiger partial charge in [-0.1, -0.05) is 61.4 Å². The lowest BCUT2D eigenvalue weighted by molar-refractivity contribution is -0.139. The second-order valence-corrected chi connectivity index (χ2v) is 8.70. The molecule has 1 saturated carbocycles. The summed E-state index contributed by atoms with van der Waals surface area (Å²) in [4.78, 5) is 35.8. The smallest absolute Gasteiger partial charge is 0.407 e. The number of nitrogens with one attached hydrogen (secondary N) is 2. The number of hydrogen-bond donors (Lipinski definition) is 4. The summed E-state index contributed by atoms with van der Waals surface area (Å²) in [6, 6.07) is 15.3. The zero-order valence-electron chi connectivity index (χ0n) is 18.2. The van der Waals surface area contributed by atoms with Gasteiger partial charge in [-0.2, -0.15) is 0 Å². The van der Waals surface area contributed by atoms with Crippen molar-refractivity contribution in [3.8, 4) is 11.1 Å². The van der Waals surface area contributed by atoms with Gasteiger partial charge < -0.3 is 25.6 Å². The highest BCUT2D eigenvalue weighted by molar-refractivity contribution is 5.86. The number of amides is 2. The molecule has 2 aliphatic carbocycles. The molecule has 2 amide bonds. The Balaban J connectivity index is 1.35. The fourth-order valence-corrected chi connectivity index (χ4v) is 4.32. The van der Waals surface area contributed by atoms with Crippen molar-refractivity contribution in [3.05, 3.63) is 59.7 Å². The summed E-state index contributed by atoms with van der Waals surface area (Å²) in [7, 11) is 0. The molecule has 0 spiro atoms. The molecule has 2 aliphatic rings. The van der Waals surface area contributed by atoms with Crippen molar-refractivity contribution in [2.75, 3.05) is 13.2 Å². The van der Waals surface area contributed by atoms with Gasteiger partial charge in [0.2, 0.25) is 5.91 Å². The van der Waals surface area contributed by atoms with Crippen LogP contribution in [0, 0.1) is 5.92 Å². The minimum Gasteiger partial charge on any atom is -0.481 e. The highest BCUT2D eigenvalue weighted by Gasteiger charge is 2.32. The maximum absolute atomic E-state index is 12.6. The summed E-state index contributed by atoms with van der Waals surface area (Å²) in [5, 5.41) is 23.6. The highest BCUT2D eigenvalue weighted by atomic mass is 16.5. The number of aliphatic hydroxyl groups is 1. The Bertz CT molecular complexity index is 990. The number of aliphatic carboxylic acids is 1. The second kappa shape index (κ2) is 10.0. The van der Waals surface area contributed by atoms with Crippen LogP contribution in [-0.2, 0) is 14.3 Å². The number of aliphatic hydroxyl groups excluding tert-OH is 1. The molecule has 4 N–H and O–H groups in total. The monoisotopic (exact) mass is 452 g/mol. The number of ether oxygens (including phenoxy) is 1. The fourth-order valence-electron chi connectivity index (χ4n) is 4.32. The van der Waals surface area contributed by atoms with Gasteiger partial charge in [-0.15, -0.1) is 0 Å². The summed E-state index contributed by atoms with van der Waals surface area (Å²) < 4.78 is 5.54. The molecule has 0 saturated heterocycles. The Morgan fingerprint density at radius 1 is 1.00 bits per heavy atom. The van der Waals surface area contributed by atoms with Crippen LogP contribution in [0.1, 0.15) is 42.7 Å². The Hall–Kier alpha value is -3.39. The van der Waals surface area contributed by atoms with Gasteiger partial charge >= 0.3 is 12.1 Å². The van der Waals surface area contributed by atoms with Crippen molar-refractivity contribution < 1.29 is 29.3 Å². The molecule has 2 unspecified atom stereocenters. The molecule has 2 aromatic carbocycles. The Labute approximate surface area is 192 Å². The molecular weight excluding hydrogens is 424 g/mol. The van der Waals surface area contributed by atoms with E-state index < -0.39 is 36.5 Å². The van der Waals surface area contributed by atoms with Gasteiger partial charge in [0.15, 0.2) is 0 Å². The number of fused-ring (bicyclic) bond motifs is 3. The van der Waals surface area contributed by atoms with Gasteiger partial charge in [-0.3, -0.25) is 9.59 Å². The maximum atomic E-state index is 12.6. The second-order valence-electron chi connectivity index (χ2n) is 8.70. The topological polar surface area (TPSA) is 125 Å². The molecule has 2 aromatic rings. The van der Waals surface area contributed by atoms with Crippen molar-refractivity contribution in [2.24, 2.45) is 5.92 Å². The molecule has 0 aromatic heterocycles. The summed E-state index contributed by atoms with van der Waals surface area (Å²) in [5.41, 5.74) is 4.47. The van der Waals surface area contributed by atoms with E-state index in [1.807, 2.05) is 36.4 Å². The lowest BCUT2D eigenvalue weighted by atomic mass is 9.98. The van der Waals surface area contributed by atoms with Gasteiger partial charge in [0.25, 0.3) is 0 Å². The van der Waals surface area contributed by atoms with Gasteiger partial charge in [-0.05, 0) is 34.6 Å². The standard InChI is InChI=1S/C25H28N2O6/c28-16(12-23(29)30)13-26-24(31)22(11-15-9-10-15)27-25(32)33-14-21-19-7-3-1-5-17(19)18-6-2-4-8-20(18)21/h1-8,15-16,21-22,28H,9-14H2,(H,26,31)(H,27,32)(H,29,30). The Morgan fingerprint density at radius 3 is 2.18 bits per heavy atom. The molecule has 0 bridgehead atoms. The first-order valence-corrected chi connectivity index (χ1v) is 11.2. The predicted octanol–water partition coefficient (Wildman–Crippen LogP) is 2.65. The summed E-state index contributed by atoms with van der Waals surface area (Å²) in [6.45, 7) is -0.0480. The van der Waals surface area contributed by atoms with Crippen molar-refractivity contribution in [3.63, 3.8) is 0 Å². The van der Waals surface area contributed by atoms with Crippen LogP contribution in [0.4, 0.5) is 4.79 Å². The summed E-state index contributed by atoms with van der Waals surface area (Å²) in [6.07, 6.45) is 0.139. The van der Waals surface area contributed by atoms with Crippen LogP contribution in [0.5, 0.6) is 0 Å². The quantitative estimate of drug-likeness (QED) is 0.439. The molecule has 8 heteroatoms. The van der Waals surface area contributed by atoms with E-state index in [0.29, 0.717) is 12.3 Å². The number of carbonyl (C=O) groups excluding carboxylic acids is 2. The van der Waals surface area contributed by atoms with Crippen molar-refractivity contribution in [1.29, 1.82) is 0 Å². The number of hydrogen-bond acceptors (Lipinski definition) is 5. The van der Waals surface area contributed by atoms with Gasteiger partial charge in [-0.25, -0.2) is 4.79 Å². The number of alkyl carbamates (subject to hydrolysis) is 1. The Kier molecular flexibility index (Phi) is 6.93. The highest BCUT2D eigenvalue weighted by Crippen LogP contribution is 2.44. The number of carboxylic acids is 1. The molecule has 33 heavy (non-hydrogen) atoms. The molecule has 0 aliphatic heterocycles. The van der Waals surface area contributed by atoms with Crippen LogP contribution in [0.2, 0.25) is 0 Å². The molecule has 1 fully saturated rings. The molecule has 8 nitrogen and oxygen atoms in total. The minimum atomic E-state index is -1.19. The molecule has 2 atom stereocenters. The number of carboxylic acid groups (broad SMARTS) is 1. The molecule has 0 radical (unpaired) electrons. The third-order valence-corrected chi connectivity index (χ3v) is 6.14. The van der Waals surface area contributed by atoms with E-state index >= 15 is 0 Å². The normalized spacial score (nSPS) is 16.3. The summed E-state index contributed by atoms with van der Waals surface area (Å²) >= 11 is 0. The average molecular weight is 453 g/mol. The first-order chi connectivity index (χ1) is 15.9. The summed E-state index contributed by atoms with van der Waals surface area (Å²) in [5.74, 6) is -1.33. The van der Waals surface area contributed by atoms with E-state index in [2.05, 4.69) is 22.8 Å². The van der Waals surface area contributed by atoms with Crippen LogP contribution in [-0.4, -0.2) is 53.5 Å². The van der Waals surface area contributed by atoms with Crippen LogP contribution in [0.25, 0.3) is 11.1 Å². The number of carbonyl (C=O) groups is 3. The van der Waals surface area contributed by atoms with Crippen LogP contribution in [0.3, 0.4) is 0 Å². The molecule has 0 heterocycles. The van der Waals surface area contributed by atoms with E-state index in [-0.39, 0.29) is 19.1 Å². The fraction of sp³-hybridized carbons (Fsp3) is 0.400. The lowest BCUT2D eigenvalue weighted by Gasteiger charge is -2.20. The van der Waals surface area contributed by atoms with E-state index in [0.717, 1.165) is 35.1 Å². The van der Waals surface area contributed by atoms with Crippen LogP contribution < -0.4 is 10.6 Å². The SMILES string of the molecule is O=C(O)CC(O)CNC(=O)C(CC1CC1)NC(=O)OCC1c2ccccc2-c2ccccc21. The zero-order chi connectivity index (χ0) is 23.4. The Morgan fingerprint density at radius 2 is 1.61 bits per heavy atom. The lowest BCUT2D eigenvalue weighted by Crippen LogP contribution is -2.49. The number of benzene rings is 2. The van der Waals surface area contributed by atoms with Gasteiger partial charge in [0.05, 0.1) is 12.5 Å².